The summed E-state index contributed by atoms with van der Waals surface area (Å²) in [6.45, 7) is 3.11. The number of benzene rings is 1. The van der Waals surface area contributed by atoms with Crippen LogP contribution in [-0.2, 0) is 5.54 Å². The van der Waals surface area contributed by atoms with Crippen molar-refractivity contribution in [2.75, 3.05) is 6.54 Å². The van der Waals surface area contributed by atoms with E-state index in [-0.39, 0.29) is 11.4 Å². The summed E-state index contributed by atoms with van der Waals surface area (Å²) in [6.07, 6.45) is 4.66. The van der Waals surface area contributed by atoms with E-state index < -0.39 is 0 Å². The van der Waals surface area contributed by atoms with Crippen LogP contribution in [0.4, 0.5) is 4.39 Å². The summed E-state index contributed by atoms with van der Waals surface area (Å²) >= 11 is 3.43. The quantitative estimate of drug-likeness (QED) is 0.918. The number of rotatable bonds is 3. The first-order chi connectivity index (χ1) is 8.58. The number of halogens is 2. The van der Waals surface area contributed by atoms with Crippen molar-refractivity contribution in [2.24, 2.45) is 0 Å². The van der Waals surface area contributed by atoms with Gasteiger partial charge in [0.2, 0.25) is 0 Å². The molecule has 1 heterocycles. The molecule has 1 aliphatic carbocycles. The second-order valence-corrected chi connectivity index (χ2v) is 6.30. The van der Waals surface area contributed by atoms with Gasteiger partial charge in [0.05, 0.1) is 10.6 Å². The highest BCUT2D eigenvalue weighted by Crippen LogP contribution is 2.43. The van der Waals surface area contributed by atoms with E-state index in [2.05, 4.69) is 28.2 Å². The molecule has 0 bridgehead atoms. The van der Waals surface area contributed by atoms with Crippen molar-refractivity contribution in [3.8, 4) is 5.75 Å². The Labute approximate surface area is 115 Å². The molecule has 0 amide bonds. The van der Waals surface area contributed by atoms with E-state index in [0.29, 0.717) is 6.10 Å². The van der Waals surface area contributed by atoms with E-state index in [0.717, 1.165) is 48.0 Å². The van der Waals surface area contributed by atoms with Gasteiger partial charge in [-0.15, -0.1) is 0 Å². The van der Waals surface area contributed by atoms with Crippen LogP contribution in [0.3, 0.4) is 0 Å². The van der Waals surface area contributed by atoms with E-state index in [4.69, 9.17) is 4.74 Å². The summed E-state index contributed by atoms with van der Waals surface area (Å²) in [4.78, 5) is 0. The Morgan fingerprint density at radius 3 is 2.83 bits per heavy atom. The maximum Gasteiger partial charge on any atom is 0.139 e. The lowest BCUT2D eigenvalue weighted by Gasteiger charge is -2.28. The lowest BCUT2D eigenvalue weighted by Crippen LogP contribution is -2.34. The number of ether oxygens (including phenoxy) is 1. The molecule has 2 aliphatic rings. The summed E-state index contributed by atoms with van der Waals surface area (Å²) < 4.78 is 20.4. The molecule has 1 atom stereocenters. The zero-order chi connectivity index (χ0) is 12.8. The van der Waals surface area contributed by atoms with Crippen molar-refractivity contribution in [1.82, 2.24) is 5.32 Å². The van der Waals surface area contributed by atoms with Gasteiger partial charge in [-0.2, -0.15) is 0 Å². The van der Waals surface area contributed by atoms with E-state index in [9.17, 15) is 4.39 Å². The molecule has 1 saturated carbocycles. The second kappa shape index (κ2) is 4.49. The minimum absolute atomic E-state index is 0.172. The van der Waals surface area contributed by atoms with Crippen LogP contribution in [0, 0.1) is 5.82 Å². The van der Waals surface area contributed by atoms with Crippen molar-refractivity contribution >= 4 is 15.9 Å². The van der Waals surface area contributed by atoms with Crippen LogP contribution in [0.2, 0.25) is 0 Å². The number of hydrogen-bond acceptors (Lipinski definition) is 2. The van der Waals surface area contributed by atoms with Crippen LogP contribution < -0.4 is 10.1 Å². The second-order valence-electron chi connectivity index (χ2n) is 5.44. The Morgan fingerprint density at radius 2 is 2.22 bits per heavy atom. The fourth-order valence-electron chi connectivity index (χ4n) is 2.57. The monoisotopic (exact) mass is 313 g/mol. The predicted octanol–water partition coefficient (Wildman–Crippen LogP) is 3.73. The molecule has 18 heavy (non-hydrogen) atoms. The smallest absolute Gasteiger partial charge is 0.139 e. The molecule has 1 unspecified atom stereocenters. The van der Waals surface area contributed by atoms with Crippen molar-refractivity contribution < 1.29 is 9.13 Å². The van der Waals surface area contributed by atoms with Gasteiger partial charge < -0.3 is 10.1 Å². The van der Waals surface area contributed by atoms with Gasteiger partial charge in [0, 0.05) is 11.1 Å². The largest absolute Gasteiger partial charge is 0.489 e. The molecular weight excluding hydrogens is 297 g/mol. The van der Waals surface area contributed by atoms with Crippen molar-refractivity contribution in [3.05, 3.63) is 28.0 Å². The molecular formula is C14H17BrFNO. The molecule has 1 aromatic carbocycles. The van der Waals surface area contributed by atoms with Crippen LogP contribution in [0.15, 0.2) is 16.6 Å². The third kappa shape index (κ3) is 2.28. The summed E-state index contributed by atoms with van der Waals surface area (Å²) in [6, 6.07) is 3.10. The highest BCUT2D eigenvalue weighted by atomic mass is 79.9. The summed E-state index contributed by atoms with van der Waals surface area (Å²) in [5, 5.41) is 3.47. The average molecular weight is 314 g/mol. The Bertz CT molecular complexity index is 467. The third-order valence-electron chi connectivity index (χ3n) is 3.78. The van der Waals surface area contributed by atoms with E-state index in [1.165, 1.54) is 6.07 Å². The van der Waals surface area contributed by atoms with E-state index in [1.807, 2.05) is 0 Å². The average Bonchev–Trinajstić information content (AvgIpc) is 3.03. The third-order valence-corrected chi connectivity index (χ3v) is 4.37. The standard InChI is InChI=1S/C14H17BrFNO/c1-14(5-2-6-17-14)11-7-9(16)8-12(15)13(11)18-10-3-4-10/h7-8,10,17H,2-6H2,1H3. The highest BCUT2D eigenvalue weighted by molar-refractivity contribution is 9.10. The first-order valence-corrected chi connectivity index (χ1v) is 7.29. The van der Waals surface area contributed by atoms with Crippen LogP contribution in [0.25, 0.3) is 0 Å². The molecule has 3 rings (SSSR count). The minimum atomic E-state index is -0.213. The molecule has 2 fully saturated rings. The normalized spacial score (nSPS) is 27.5. The SMILES string of the molecule is CC1(c2cc(F)cc(Br)c2OC2CC2)CCCN1. The topological polar surface area (TPSA) is 21.3 Å². The van der Waals surface area contributed by atoms with Crippen molar-refractivity contribution in [1.29, 1.82) is 0 Å². The summed E-state index contributed by atoms with van der Waals surface area (Å²) in [5.74, 6) is 0.603. The van der Waals surface area contributed by atoms with Crippen LogP contribution in [0.1, 0.15) is 38.2 Å². The van der Waals surface area contributed by atoms with Gasteiger partial charge in [0.1, 0.15) is 11.6 Å². The van der Waals surface area contributed by atoms with Gasteiger partial charge in [-0.25, -0.2) is 4.39 Å². The van der Waals surface area contributed by atoms with Gasteiger partial charge in [-0.1, -0.05) is 0 Å². The zero-order valence-corrected chi connectivity index (χ0v) is 12.0. The van der Waals surface area contributed by atoms with Gasteiger partial charge in [-0.3, -0.25) is 0 Å². The lowest BCUT2D eigenvalue weighted by molar-refractivity contribution is 0.285. The molecule has 2 nitrogen and oxygen atoms in total. The van der Waals surface area contributed by atoms with Crippen LogP contribution in [-0.4, -0.2) is 12.6 Å². The molecule has 0 radical (unpaired) electrons. The van der Waals surface area contributed by atoms with E-state index >= 15 is 0 Å². The molecule has 1 aromatic rings. The van der Waals surface area contributed by atoms with Gasteiger partial charge in [-0.05, 0) is 67.2 Å². The lowest BCUT2D eigenvalue weighted by atomic mass is 9.89. The Morgan fingerprint density at radius 1 is 1.44 bits per heavy atom. The van der Waals surface area contributed by atoms with E-state index in [1.54, 1.807) is 6.07 Å². The van der Waals surface area contributed by atoms with Crippen molar-refractivity contribution in [2.45, 2.75) is 44.2 Å². The maximum atomic E-state index is 13.7. The molecule has 1 N–H and O–H groups in total. The molecule has 1 aliphatic heterocycles. The van der Waals surface area contributed by atoms with Crippen molar-refractivity contribution in [3.63, 3.8) is 0 Å². The van der Waals surface area contributed by atoms with Gasteiger partial charge >= 0.3 is 0 Å². The summed E-state index contributed by atoms with van der Waals surface area (Å²) in [7, 11) is 0. The minimum Gasteiger partial charge on any atom is -0.489 e. The molecule has 4 heteroatoms. The van der Waals surface area contributed by atoms with Gasteiger partial charge in [0.15, 0.2) is 0 Å². The molecule has 98 valence electrons. The first-order valence-electron chi connectivity index (χ1n) is 6.50. The Balaban J connectivity index is 2.04. The summed E-state index contributed by atoms with van der Waals surface area (Å²) in [5.41, 5.74) is 0.772. The van der Waals surface area contributed by atoms with Crippen LogP contribution >= 0.6 is 15.9 Å². The molecule has 1 saturated heterocycles. The number of nitrogens with one attached hydrogen (secondary N) is 1. The highest BCUT2D eigenvalue weighted by Gasteiger charge is 2.36. The fraction of sp³-hybridized carbons (Fsp3) is 0.571. The van der Waals surface area contributed by atoms with Crippen LogP contribution in [0.5, 0.6) is 5.75 Å². The number of hydrogen-bond donors (Lipinski definition) is 1. The maximum absolute atomic E-state index is 13.7. The van der Waals surface area contributed by atoms with Gasteiger partial charge in [0.25, 0.3) is 0 Å². The molecule has 0 spiro atoms. The Hall–Kier alpha value is -0.610. The fourth-order valence-corrected chi connectivity index (χ4v) is 3.09. The predicted molar refractivity (Wildman–Crippen MR) is 72.3 cm³/mol. The zero-order valence-electron chi connectivity index (χ0n) is 10.4. The first kappa shape index (κ1) is 12.4. The Kier molecular flexibility index (Phi) is 3.10. The molecule has 0 aromatic heterocycles.